The Balaban J connectivity index is 2.07. The highest BCUT2D eigenvalue weighted by Gasteiger charge is 2.20. The van der Waals surface area contributed by atoms with E-state index in [2.05, 4.69) is 25.2 Å². The Morgan fingerprint density at radius 1 is 1.12 bits per heavy atom. The molecule has 0 aliphatic heterocycles. The highest BCUT2D eigenvalue weighted by atomic mass is 16.5. The minimum Gasteiger partial charge on any atom is -0.481 e. The van der Waals surface area contributed by atoms with Crippen molar-refractivity contribution in [3.05, 3.63) is 64.7 Å². The Labute approximate surface area is 145 Å². The summed E-state index contributed by atoms with van der Waals surface area (Å²) in [5, 5.41) is 3.09. The number of aryl methyl sites for hydroxylation is 2. The minimum absolute atomic E-state index is 0.00472. The lowest BCUT2D eigenvalue weighted by atomic mass is 10.0. The van der Waals surface area contributed by atoms with Gasteiger partial charge < -0.3 is 10.1 Å². The molecule has 0 spiro atoms. The number of nitrogens with one attached hydrogen (secondary N) is 1. The smallest absolute Gasteiger partial charge is 0.261 e. The van der Waals surface area contributed by atoms with Crippen molar-refractivity contribution < 1.29 is 9.53 Å². The van der Waals surface area contributed by atoms with Gasteiger partial charge in [-0.15, -0.1) is 0 Å². The number of ether oxygens (including phenoxy) is 1. The molecule has 0 fully saturated rings. The highest BCUT2D eigenvalue weighted by molar-refractivity contribution is 5.81. The molecule has 0 bridgehead atoms. The van der Waals surface area contributed by atoms with Crippen molar-refractivity contribution in [1.29, 1.82) is 0 Å². The van der Waals surface area contributed by atoms with Crippen LogP contribution in [0.4, 0.5) is 0 Å². The molecule has 0 aromatic heterocycles. The summed E-state index contributed by atoms with van der Waals surface area (Å²) in [6.07, 6.45) is 0.299. The van der Waals surface area contributed by atoms with Gasteiger partial charge in [0.05, 0.1) is 6.04 Å². The Morgan fingerprint density at radius 2 is 1.79 bits per heavy atom. The van der Waals surface area contributed by atoms with Crippen LogP contribution in [0.1, 0.15) is 48.6 Å². The maximum Gasteiger partial charge on any atom is 0.261 e. The number of hydrogen-bond acceptors (Lipinski definition) is 2. The third kappa shape index (κ3) is 4.38. The highest BCUT2D eigenvalue weighted by Crippen LogP contribution is 2.24. The summed E-state index contributed by atoms with van der Waals surface area (Å²) in [6, 6.07) is 14.1. The fourth-order valence-electron chi connectivity index (χ4n) is 2.76. The van der Waals surface area contributed by atoms with Crippen LogP contribution in [0.3, 0.4) is 0 Å². The van der Waals surface area contributed by atoms with Crippen molar-refractivity contribution in [2.45, 2.75) is 53.2 Å². The Kier molecular flexibility index (Phi) is 6.02. The first-order chi connectivity index (χ1) is 11.4. The first kappa shape index (κ1) is 18.1. The molecule has 3 heteroatoms. The zero-order valence-corrected chi connectivity index (χ0v) is 15.2. The third-order valence-corrected chi connectivity index (χ3v) is 4.36. The molecule has 1 amide bonds. The summed E-state index contributed by atoms with van der Waals surface area (Å²) < 4.78 is 5.94. The van der Waals surface area contributed by atoms with Gasteiger partial charge in [-0.2, -0.15) is 0 Å². The van der Waals surface area contributed by atoms with Crippen molar-refractivity contribution in [3.8, 4) is 5.75 Å². The van der Waals surface area contributed by atoms with Crippen LogP contribution in [-0.4, -0.2) is 12.0 Å². The van der Waals surface area contributed by atoms with Crippen molar-refractivity contribution >= 4 is 5.91 Å². The van der Waals surface area contributed by atoms with Gasteiger partial charge in [0, 0.05) is 0 Å². The molecule has 0 aliphatic carbocycles. The molecule has 2 aromatic rings. The number of carbonyl (C=O) groups is 1. The second-order valence-corrected chi connectivity index (χ2v) is 6.35. The lowest BCUT2D eigenvalue weighted by molar-refractivity contribution is -0.128. The molecule has 128 valence electrons. The van der Waals surface area contributed by atoms with E-state index in [1.165, 1.54) is 5.56 Å². The molecule has 2 rings (SSSR count). The van der Waals surface area contributed by atoms with Gasteiger partial charge in [0.15, 0.2) is 6.10 Å². The molecular weight excluding hydrogens is 298 g/mol. The Hall–Kier alpha value is -2.29. The third-order valence-electron chi connectivity index (χ3n) is 4.36. The van der Waals surface area contributed by atoms with Crippen molar-refractivity contribution in [1.82, 2.24) is 5.32 Å². The molecule has 0 saturated carbocycles. The van der Waals surface area contributed by atoms with Crippen LogP contribution in [0, 0.1) is 20.8 Å². The Bertz CT molecular complexity index is 694. The molecule has 1 N–H and O–H groups in total. The molecule has 0 unspecified atom stereocenters. The van der Waals surface area contributed by atoms with Gasteiger partial charge >= 0.3 is 0 Å². The van der Waals surface area contributed by atoms with Crippen LogP contribution in [-0.2, 0) is 4.79 Å². The minimum atomic E-state index is -0.539. The fourth-order valence-corrected chi connectivity index (χ4v) is 2.76. The molecule has 2 aromatic carbocycles. The van der Waals surface area contributed by atoms with Crippen LogP contribution in [0.2, 0.25) is 0 Å². The quantitative estimate of drug-likeness (QED) is 0.840. The predicted octanol–water partition coefficient (Wildman–Crippen LogP) is 4.65. The fraction of sp³-hybridized carbons (Fsp3) is 0.381. The van der Waals surface area contributed by atoms with Crippen molar-refractivity contribution in [2.24, 2.45) is 0 Å². The van der Waals surface area contributed by atoms with Crippen LogP contribution >= 0.6 is 0 Å². The molecule has 2 atom stereocenters. The van der Waals surface area contributed by atoms with E-state index in [1.807, 2.05) is 50.2 Å². The number of carbonyl (C=O) groups excluding carboxylic acids is 1. The molecule has 3 nitrogen and oxygen atoms in total. The maximum atomic E-state index is 12.5. The van der Waals surface area contributed by atoms with Crippen LogP contribution in [0.5, 0.6) is 5.75 Å². The lowest BCUT2D eigenvalue weighted by Gasteiger charge is -2.22. The zero-order valence-electron chi connectivity index (χ0n) is 15.2. The monoisotopic (exact) mass is 325 g/mol. The van der Waals surface area contributed by atoms with Crippen molar-refractivity contribution in [2.75, 3.05) is 0 Å². The number of benzene rings is 2. The van der Waals surface area contributed by atoms with E-state index in [0.717, 1.165) is 28.9 Å². The van der Waals surface area contributed by atoms with E-state index in [1.54, 1.807) is 6.92 Å². The summed E-state index contributed by atoms with van der Waals surface area (Å²) in [7, 11) is 0. The van der Waals surface area contributed by atoms with Gasteiger partial charge in [-0.05, 0) is 62.4 Å². The average Bonchev–Trinajstić information content (AvgIpc) is 2.57. The van der Waals surface area contributed by atoms with E-state index in [-0.39, 0.29) is 11.9 Å². The molecule has 0 heterocycles. The van der Waals surface area contributed by atoms with Crippen LogP contribution < -0.4 is 10.1 Å². The number of amides is 1. The summed E-state index contributed by atoms with van der Waals surface area (Å²) in [4.78, 5) is 12.5. The van der Waals surface area contributed by atoms with Crippen molar-refractivity contribution in [3.63, 3.8) is 0 Å². The Morgan fingerprint density at radius 3 is 2.42 bits per heavy atom. The largest absolute Gasteiger partial charge is 0.481 e. The van der Waals surface area contributed by atoms with Crippen LogP contribution in [0.15, 0.2) is 42.5 Å². The normalized spacial score (nSPS) is 13.2. The van der Waals surface area contributed by atoms with Crippen LogP contribution in [0.25, 0.3) is 0 Å². The van der Waals surface area contributed by atoms with Gasteiger partial charge in [-0.3, -0.25) is 4.79 Å². The maximum absolute atomic E-state index is 12.5. The second-order valence-electron chi connectivity index (χ2n) is 6.35. The first-order valence-corrected chi connectivity index (χ1v) is 8.52. The predicted molar refractivity (Wildman–Crippen MR) is 98.4 cm³/mol. The van der Waals surface area contributed by atoms with Gasteiger partial charge in [0.25, 0.3) is 5.91 Å². The summed E-state index contributed by atoms with van der Waals surface area (Å²) >= 11 is 0. The molecule has 0 aliphatic rings. The topological polar surface area (TPSA) is 38.3 Å². The van der Waals surface area contributed by atoms with Gasteiger partial charge in [-0.1, -0.05) is 43.3 Å². The summed E-state index contributed by atoms with van der Waals surface area (Å²) in [5.74, 6) is 0.687. The SMILES string of the molecule is CC[C@H](NC(=O)[C@H](C)Oc1cc(C)cc(C)c1C)c1ccccc1. The van der Waals surface area contributed by atoms with E-state index in [9.17, 15) is 4.79 Å². The summed E-state index contributed by atoms with van der Waals surface area (Å²) in [6.45, 7) is 9.98. The van der Waals surface area contributed by atoms with E-state index in [4.69, 9.17) is 4.74 Å². The van der Waals surface area contributed by atoms with Gasteiger partial charge in [-0.25, -0.2) is 0 Å². The zero-order chi connectivity index (χ0) is 17.7. The van der Waals surface area contributed by atoms with E-state index in [0.29, 0.717) is 0 Å². The van der Waals surface area contributed by atoms with E-state index < -0.39 is 6.10 Å². The lowest BCUT2D eigenvalue weighted by Crippen LogP contribution is -2.38. The van der Waals surface area contributed by atoms with Gasteiger partial charge in [0.2, 0.25) is 0 Å². The number of hydrogen-bond donors (Lipinski definition) is 1. The molecule has 0 radical (unpaired) electrons. The van der Waals surface area contributed by atoms with Gasteiger partial charge in [0.1, 0.15) is 5.75 Å². The molecule has 24 heavy (non-hydrogen) atoms. The second kappa shape index (κ2) is 8.00. The summed E-state index contributed by atoms with van der Waals surface area (Å²) in [5.41, 5.74) is 4.50. The first-order valence-electron chi connectivity index (χ1n) is 8.52. The number of rotatable bonds is 6. The molecular formula is C21H27NO2. The van der Waals surface area contributed by atoms with E-state index >= 15 is 0 Å². The molecule has 0 saturated heterocycles. The standard InChI is InChI=1S/C21H27NO2/c1-6-19(18-10-8-7-9-11-18)22-21(23)17(5)24-20-13-14(2)12-15(3)16(20)4/h7-13,17,19H,6H2,1-5H3,(H,22,23)/t17-,19-/m0/s1. The average molecular weight is 325 g/mol.